The molecule has 2 heterocycles. The van der Waals surface area contributed by atoms with Crippen LogP contribution in [0.3, 0.4) is 0 Å². The summed E-state index contributed by atoms with van der Waals surface area (Å²) in [6, 6.07) is 0.109. The lowest BCUT2D eigenvalue weighted by Crippen LogP contribution is -2.31. The number of carbonyl (C=O) groups is 1. The molecule has 12 heavy (non-hydrogen) atoms. The van der Waals surface area contributed by atoms with E-state index >= 15 is 0 Å². The summed E-state index contributed by atoms with van der Waals surface area (Å²) in [7, 11) is 0. The van der Waals surface area contributed by atoms with E-state index in [1.165, 1.54) is 0 Å². The van der Waals surface area contributed by atoms with E-state index in [1.54, 1.807) is 12.5 Å². The van der Waals surface area contributed by atoms with Gasteiger partial charge in [0.15, 0.2) is 0 Å². The van der Waals surface area contributed by atoms with Crippen LogP contribution in [0, 0.1) is 0 Å². The SMILES string of the molecule is O=C1CCNC(c2cnoc2)C1. The van der Waals surface area contributed by atoms with Crippen molar-refractivity contribution in [1.82, 2.24) is 10.5 Å². The highest BCUT2D eigenvalue weighted by molar-refractivity contribution is 5.80. The maximum atomic E-state index is 11.1. The Kier molecular flexibility index (Phi) is 1.91. The quantitative estimate of drug-likeness (QED) is 0.666. The van der Waals surface area contributed by atoms with Crippen molar-refractivity contribution in [1.29, 1.82) is 0 Å². The van der Waals surface area contributed by atoms with Gasteiger partial charge >= 0.3 is 0 Å². The number of carbonyl (C=O) groups excluding carboxylic acids is 1. The predicted octanol–water partition coefficient (Wildman–Crippen LogP) is 0.668. The van der Waals surface area contributed by atoms with Crippen LogP contribution in [0.25, 0.3) is 0 Å². The zero-order chi connectivity index (χ0) is 8.39. The van der Waals surface area contributed by atoms with Crippen molar-refractivity contribution in [2.75, 3.05) is 6.54 Å². The van der Waals surface area contributed by atoms with Crippen LogP contribution >= 0.6 is 0 Å². The first-order valence-corrected chi connectivity index (χ1v) is 4.00. The summed E-state index contributed by atoms with van der Waals surface area (Å²) >= 11 is 0. The van der Waals surface area contributed by atoms with E-state index in [0.717, 1.165) is 12.1 Å². The van der Waals surface area contributed by atoms with Crippen LogP contribution in [-0.2, 0) is 4.79 Å². The van der Waals surface area contributed by atoms with E-state index in [2.05, 4.69) is 10.5 Å². The fourth-order valence-corrected chi connectivity index (χ4v) is 1.41. The third-order valence-corrected chi connectivity index (χ3v) is 2.08. The number of rotatable bonds is 1. The molecule has 1 atom stereocenters. The van der Waals surface area contributed by atoms with E-state index in [0.29, 0.717) is 18.6 Å². The maximum Gasteiger partial charge on any atom is 0.136 e. The van der Waals surface area contributed by atoms with Gasteiger partial charge in [0.05, 0.1) is 6.20 Å². The van der Waals surface area contributed by atoms with Crippen molar-refractivity contribution >= 4 is 5.78 Å². The van der Waals surface area contributed by atoms with Crippen LogP contribution < -0.4 is 5.32 Å². The molecule has 0 aromatic carbocycles. The smallest absolute Gasteiger partial charge is 0.136 e. The van der Waals surface area contributed by atoms with E-state index in [9.17, 15) is 4.79 Å². The lowest BCUT2D eigenvalue weighted by molar-refractivity contribution is -0.120. The second-order valence-corrected chi connectivity index (χ2v) is 2.96. The normalized spacial score (nSPS) is 24.3. The summed E-state index contributed by atoms with van der Waals surface area (Å²) in [4.78, 5) is 11.1. The van der Waals surface area contributed by atoms with Crippen molar-refractivity contribution in [3.63, 3.8) is 0 Å². The summed E-state index contributed by atoms with van der Waals surface area (Å²) in [6.07, 6.45) is 4.43. The lowest BCUT2D eigenvalue weighted by Gasteiger charge is -2.20. The second kappa shape index (κ2) is 3.06. The first kappa shape index (κ1) is 7.49. The van der Waals surface area contributed by atoms with Gasteiger partial charge < -0.3 is 9.84 Å². The molecular formula is C8H10N2O2. The Hall–Kier alpha value is -1.16. The van der Waals surface area contributed by atoms with Crippen LogP contribution in [0.5, 0.6) is 0 Å². The molecule has 64 valence electrons. The number of hydrogen-bond acceptors (Lipinski definition) is 4. The number of hydrogen-bond donors (Lipinski definition) is 1. The molecule has 1 aliphatic rings. The van der Waals surface area contributed by atoms with Crippen LogP contribution in [0.4, 0.5) is 0 Å². The van der Waals surface area contributed by atoms with Gasteiger partial charge in [0.25, 0.3) is 0 Å². The molecule has 1 saturated heterocycles. The van der Waals surface area contributed by atoms with E-state index in [-0.39, 0.29) is 6.04 Å². The van der Waals surface area contributed by atoms with Crippen molar-refractivity contribution < 1.29 is 9.32 Å². The Morgan fingerprint density at radius 1 is 1.67 bits per heavy atom. The molecule has 1 fully saturated rings. The molecule has 4 heteroatoms. The van der Waals surface area contributed by atoms with Crippen LogP contribution in [0.2, 0.25) is 0 Å². The monoisotopic (exact) mass is 166 g/mol. The van der Waals surface area contributed by atoms with E-state index < -0.39 is 0 Å². The highest BCUT2D eigenvalue weighted by atomic mass is 16.5. The molecule has 1 aromatic heterocycles. The zero-order valence-electron chi connectivity index (χ0n) is 6.62. The van der Waals surface area contributed by atoms with Gasteiger partial charge in [-0.1, -0.05) is 5.16 Å². The van der Waals surface area contributed by atoms with Gasteiger partial charge in [-0.2, -0.15) is 0 Å². The Morgan fingerprint density at radius 3 is 3.25 bits per heavy atom. The number of Topliss-reactive ketones (excluding diaryl/α,β-unsaturated/α-hetero) is 1. The minimum Gasteiger partial charge on any atom is -0.364 e. The Morgan fingerprint density at radius 2 is 2.58 bits per heavy atom. The molecule has 4 nitrogen and oxygen atoms in total. The highest BCUT2D eigenvalue weighted by Gasteiger charge is 2.21. The summed E-state index contributed by atoms with van der Waals surface area (Å²) in [5.41, 5.74) is 0.961. The number of nitrogens with one attached hydrogen (secondary N) is 1. The molecule has 2 rings (SSSR count). The molecule has 0 radical (unpaired) electrons. The maximum absolute atomic E-state index is 11.1. The first-order valence-electron chi connectivity index (χ1n) is 4.00. The van der Waals surface area contributed by atoms with Crippen molar-refractivity contribution in [2.45, 2.75) is 18.9 Å². The van der Waals surface area contributed by atoms with Gasteiger partial charge in [-0.3, -0.25) is 4.79 Å². The third kappa shape index (κ3) is 1.38. The summed E-state index contributed by atoms with van der Waals surface area (Å²) in [5, 5.41) is 6.83. The van der Waals surface area contributed by atoms with Gasteiger partial charge in [-0.05, 0) is 0 Å². The zero-order valence-corrected chi connectivity index (χ0v) is 6.62. The Balaban J connectivity index is 2.09. The van der Waals surface area contributed by atoms with Crippen LogP contribution in [0.15, 0.2) is 17.0 Å². The average molecular weight is 166 g/mol. The third-order valence-electron chi connectivity index (χ3n) is 2.08. The summed E-state index contributed by atoms with van der Waals surface area (Å²) < 4.78 is 4.70. The topological polar surface area (TPSA) is 55.1 Å². The summed E-state index contributed by atoms with van der Waals surface area (Å²) in [6.45, 7) is 0.759. The molecule has 1 aliphatic heterocycles. The van der Waals surface area contributed by atoms with Gasteiger partial charge in [0.1, 0.15) is 12.0 Å². The fourth-order valence-electron chi connectivity index (χ4n) is 1.41. The minimum atomic E-state index is 0.109. The van der Waals surface area contributed by atoms with Crippen LogP contribution in [-0.4, -0.2) is 17.5 Å². The van der Waals surface area contributed by atoms with Crippen molar-refractivity contribution in [2.24, 2.45) is 0 Å². The molecule has 1 aromatic rings. The average Bonchev–Trinajstić information content (AvgIpc) is 2.56. The van der Waals surface area contributed by atoms with Crippen molar-refractivity contribution in [3.8, 4) is 0 Å². The van der Waals surface area contributed by atoms with E-state index in [1.807, 2.05) is 0 Å². The molecule has 0 bridgehead atoms. The molecule has 1 N–H and O–H groups in total. The standard InChI is InChI=1S/C8H10N2O2/c11-7-1-2-9-8(3-7)6-4-10-12-5-6/h4-5,8-9H,1-3H2. The van der Waals surface area contributed by atoms with Gasteiger partial charge in [0, 0.05) is 31.0 Å². The molecular weight excluding hydrogens is 156 g/mol. The number of ketones is 1. The Bertz CT molecular complexity index is 269. The van der Waals surface area contributed by atoms with Crippen molar-refractivity contribution in [3.05, 3.63) is 18.0 Å². The van der Waals surface area contributed by atoms with Gasteiger partial charge in [-0.15, -0.1) is 0 Å². The molecule has 0 saturated carbocycles. The van der Waals surface area contributed by atoms with Gasteiger partial charge in [0.2, 0.25) is 0 Å². The number of aromatic nitrogens is 1. The first-order chi connectivity index (χ1) is 5.86. The second-order valence-electron chi connectivity index (χ2n) is 2.96. The largest absolute Gasteiger partial charge is 0.364 e. The number of piperidine rings is 1. The Labute approximate surface area is 69.9 Å². The predicted molar refractivity (Wildman–Crippen MR) is 41.5 cm³/mol. The van der Waals surface area contributed by atoms with Crippen LogP contribution in [0.1, 0.15) is 24.4 Å². The molecule has 0 amide bonds. The molecule has 0 spiro atoms. The fraction of sp³-hybridized carbons (Fsp3) is 0.500. The van der Waals surface area contributed by atoms with E-state index in [4.69, 9.17) is 4.52 Å². The number of nitrogens with zero attached hydrogens (tertiary/aromatic N) is 1. The highest BCUT2D eigenvalue weighted by Crippen LogP contribution is 2.19. The molecule has 1 unspecified atom stereocenters. The summed E-state index contributed by atoms with van der Waals surface area (Å²) in [5.74, 6) is 0.306. The van der Waals surface area contributed by atoms with Gasteiger partial charge in [-0.25, -0.2) is 0 Å². The minimum absolute atomic E-state index is 0.109. The molecule has 0 aliphatic carbocycles. The lowest BCUT2D eigenvalue weighted by atomic mass is 9.99.